The molecular weight excluding hydrogens is 370 g/mol. The van der Waals surface area contributed by atoms with Gasteiger partial charge < -0.3 is 15.0 Å². The molecule has 1 N–H and O–H groups in total. The first kappa shape index (κ1) is 19.9. The van der Waals surface area contributed by atoms with Crippen LogP contribution < -0.4 is 10.1 Å². The molecule has 0 atom stereocenters. The van der Waals surface area contributed by atoms with Gasteiger partial charge in [0.25, 0.3) is 0 Å². The average Bonchev–Trinajstić information content (AvgIpc) is 3.21. The summed E-state index contributed by atoms with van der Waals surface area (Å²) in [4.78, 5) is 19.1. The van der Waals surface area contributed by atoms with Crippen molar-refractivity contribution in [3.8, 4) is 16.3 Å². The van der Waals surface area contributed by atoms with Gasteiger partial charge in [0.15, 0.2) is 0 Å². The normalized spacial score (nSPS) is 10.7. The van der Waals surface area contributed by atoms with Crippen LogP contribution >= 0.6 is 11.3 Å². The Labute approximate surface area is 170 Å². The van der Waals surface area contributed by atoms with Gasteiger partial charge in [0, 0.05) is 41.5 Å². The van der Waals surface area contributed by atoms with Crippen molar-refractivity contribution in [2.45, 2.75) is 33.4 Å². The molecule has 0 saturated carbocycles. The summed E-state index contributed by atoms with van der Waals surface area (Å²) in [5.41, 5.74) is 2.86. The van der Waals surface area contributed by atoms with Crippen molar-refractivity contribution in [3.63, 3.8) is 0 Å². The lowest BCUT2D eigenvalue weighted by molar-refractivity contribution is 0.193. The van der Waals surface area contributed by atoms with Crippen LogP contribution in [0.25, 0.3) is 10.6 Å². The van der Waals surface area contributed by atoms with E-state index in [1.165, 1.54) is 0 Å². The molecule has 5 nitrogen and oxygen atoms in total. The second-order valence-electron chi connectivity index (χ2n) is 6.65. The third-order valence-electron chi connectivity index (χ3n) is 4.24. The number of carbonyl (C=O) groups is 1. The van der Waals surface area contributed by atoms with Gasteiger partial charge in [-0.25, -0.2) is 9.78 Å². The van der Waals surface area contributed by atoms with E-state index in [1.807, 2.05) is 73.5 Å². The lowest BCUT2D eigenvalue weighted by Gasteiger charge is -2.27. The van der Waals surface area contributed by atoms with Crippen LogP contribution in [0.4, 0.5) is 10.5 Å². The molecule has 1 heterocycles. The number of amides is 2. The maximum atomic E-state index is 12.9. The lowest BCUT2D eigenvalue weighted by atomic mass is 10.1. The zero-order chi connectivity index (χ0) is 19.9. The molecule has 0 bridgehead atoms. The summed E-state index contributed by atoms with van der Waals surface area (Å²) in [5, 5.41) is 5.93. The molecule has 0 radical (unpaired) electrons. The first-order valence-electron chi connectivity index (χ1n) is 9.36. The molecule has 6 heteroatoms. The number of rotatable bonds is 7. The van der Waals surface area contributed by atoms with E-state index >= 15 is 0 Å². The number of anilines is 1. The molecule has 0 unspecified atom stereocenters. The van der Waals surface area contributed by atoms with E-state index in [1.54, 1.807) is 17.5 Å². The maximum Gasteiger partial charge on any atom is 0.322 e. The number of benzene rings is 2. The zero-order valence-electron chi connectivity index (χ0n) is 16.4. The Morgan fingerprint density at radius 3 is 2.75 bits per heavy atom. The average molecular weight is 396 g/mol. The summed E-state index contributed by atoms with van der Waals surface area (Å²) in [6.07, 6.45) is 1.80. The fourth-order valence-electron chi connectivity index (χ4n) is 2.88. The number of thiazole rings is 1. The van der Waals surface area contributed by atoms with Crippen molar-refractivity contribution in [1.82, 2.24) is 9.88 Å². The number of hydrogen-bond donors (Lipinski definition) is 1. The van der Waals surface area contributed by atoms with E-state index in [0.29, 0.717) is 13.2 Å². The number of carbonyl (C=O) groups excluding carboxylic acids is 1. The second-order valence-corrected chi connectivity index (χ2v) is 7.54. The molecule has 3 aromatic rings. The third kappa shape index (κ3) is 5.10. The minimum absolute atomic E-state index is 0.0543. The Kier molecular flexibility index (Phi) is 6.66. The van der Waals surface area contributed by atoms with Crippen LogP contribution in [0, 0.1) is 0 Å². The predicted molar refractivity (Wildman–Crippen MR) is 115 cm³/mol. The quantitative estimate of drug-likeness (QED) is 0.562. The van der Waals surface area contributed by atoms with Crippen molar-refractivity contribution in [1.29, 1.82) is 0 Å². The number of hydrogen-bond acceptors (Lipinski definition) is 4. The summed E-state index contributed by atoms with van der Waals surface area (Å²) in [6, 6.07) is 15.6. The minimum atomic E-state index is -0.136. The highest BCUT2D eigenvalue weighted by Gasteiger charge is 2.18. The van der Waals surface area contributed by atoms with Gasteiger partial charge >= 0.3 is 6.03 Å². The first-order valence-corrected chi connectivity index (χ1v) is 10.2. The maximum absolute atomic E-state index is 12.9. The van der Waals surface area contributed by atoms with E-state index < -0.39 is 0 Å². The number of urea groups is 1. The Bertz CT molecular complexity index is 910. The Morgan fingerprint density at radius 2 is 2.04 bits per heavy atom. The summed E-state index contributed by atoms with van der Waals surface area (Å²) < 4.78 is 5.51. The Balaban J connectivity index is 1.74. The fourth-order valence-corrected chi connectivity index (χ4v) is 3.52. The molecule has 0 fully saturated rings. The molecular formula is C22H25N3O2S. The topological polar surface area (TPSA) is 54.5 Å². The van der Waals surface area contributed by atoms with Crippen molar-refractivity contribution >= 4 is 23.1 Å². The van der Waals surface area contributed by atoms with E-state index in [9.17, 15) is 4.79 Å². The van der Waals surface area contributed by atoms with Crippen molar-refractivity contribution < 1.29 is 9.53 Å². The lowest BCUT2D eigenvalue weighted by Crippen LogP contribution is -2.39. The molecule has 0 spiro atoms. The summed E-state index contributed by atoms with van der Waals surface area (Å²) in [7, 11) is 0. The van der Waals surface area contributed by atoms with Crippen LogP contribution in [-0.2, 0) is 6.54 Å². The molecule has 146 valence electrons. The molecule has 3 rings (SSSR count). The summed E-state index contributed by atoms with van der Waals surface area (Å²) in [5.74, 6) is 0.743. The SMILES string of the molecule is CCOc1cccc(NC(=O)N(Cc2cccc(-c3nccs3)c2)C(C)C)c1. The van der Waals surface area contributed by atoms with E-state index in [0.717, 1.165) is 27.6 Å². The highest BCUT2D eigenvalue weighted by molar-refractivity contribution is 7.13. The van der Waals surface area contributed by atoms with Crippen LogP contribution in [0.15, 0.2) is 60.1 Å². The van der Waals surface area contributed by atoms with Crippen molar-refractivity contribution in [2.24, 2.45) is 0 Å². The largest absolute Gasteiger partial charge is 0.494 e. The number of aromatic nitrogens is 1. The highest BCUT2D eigenvalue weighted by Crippen LogP contribution is 2.24. The molecule has 28 heavy (non-hydrogen) atoms. The molecule has 2 amide bonds. The monoisotopic (exact) mass is 395 g/mol. The van der Waals surface area contributed by atoms with Gasteiger partial charge in [0.05, 0.1) is 6.61 Å². The predicted octanol–water partition coefficient (Wildman–Crippen LogP) is 5.65. The summed E-state index contributed by atoms with van der Waals surface area (Å²) in [6.45, 7) is 7.08. The molecule has 0 aliphatic rings. The Hall–Kier alpha value is -2.86. The van der Waals surface area contributed by atoms with Crippen LogP contribution in [-0.4, -0.2) is 28.6 Å². The van der Waals surface area contributed by atoms with Crippen molar-refractivity contribution in [3.05, 3.63) is 65.7 Å². The molecule has 0 saturated heterocycles. The molecule has 0 aliphatic heterocycles. The Morgan fingerprint density at radius 1 is 1.21 bits per heavy atom. The van der Waals surface area contributed by atoms with Gasteiger partial charge in [-0.15, -0.1) is 11.3 Å². The van der Waals surface area contributed by atoms with Crippen LogP contribution in [0.1, 0.15) is 26.3 Å². The van der Waals surface area contributed by atoms with Crippen molar-refractivity contribution in [2.75, 3.05) is 11.9 Å². The van der Waals surface area contributed by atoms with E-state index in [2.05, 4.69) is 16.4 Å². The number of nitrogens with one attached hydrogen (secondary N) is 1. The van der Waals surface area contributed by atoms with Gasteiger partial charge in [0.2, 0.25) is 0 Å². The van der Waals surface area contributed by atoms with Gasteiger partial charge in [-0.05, 0) is 44.5 Å². The van der Waals surface area contributed by atoms with Crippen LogP contribution in [0.3, 0.4) is 0 Å². The van der Waals surface area contributed by atoms with E-state index in [-0.39, 0.29) is 12.1 Å². The minimum Gasteiger partial charge on any atom is -0.494 e. The van der Waals surface area contributed by atoms with E-state index in [4.69, 9.17) is 4.74 Å². The molecule has 0 aliphatic carbocycles. The smallest absolute Gasteiger partial charge is 0.322 e. The number of ether oxygens (including phenoxy) is 1. The fraction of sp³-hybridized carbons (Fsp3) is 0.273. The van der Waals surface area contributed by atoms with Gasteiger partial charge in [-0.1, -0.05) is 24.3 Å². The third-order valence-corrected chi connectivity index (χ3v) is 5.06. The molecule has 2 aromatic carbocycles. The van der Waals surface area contributed by atoms with Gasteiger partial charge in [-0.3, -0.25) is 0 Å². The number of nitrogens with zero attached hydrogens (tertiary/aromatic N) is 2. The second kappa shape index (κ2) is 9.37. The van der Waals surface area contributed by atoms with Gasteiger partial charge in [0.1, 0.15) is 10.8 Å². The highest BCUT2D eigenvalue weighted by atomic mass is 32.1. The standard InChI is InChI=1S/C22H25N3O2S/c1-4-27-20-10-6-9-19(14-20)24-22(26)25(16(2)3)15-17-7-5-8-18(13-17)21-23-11-12-28-21/h5-14,16H,4,15H2,1-3H3,(H,24,26). The van der Waals surface area contributed by atoms with Crippen LogP contribution in [0.2, 0.25) is 0 Å². The zero-order valence-corrected chi connectivity index (χ0v) is 17.2. The van der Waals surface area contributed by atoms with Gasteiger partial charge in [-0.2, -0.15) is 0 Å². The molecule has 1 aromatic heterocycles. The first-order chi connectivity index (χ1) is 13.6. The van der Waals surface area contributed by atoms with Crippen LogP contribution in [0.5, 0.6) is 5.75 Å². The summed E-state index contributed by atoms with van der Waals surface area (Å²) >= 11 is 1.61.